The molecule has 0 fully saturated rings. The van der Waals surface area contributed by atoms with Crippen LogP contribution in [0.2, 0.25) is 5.02 Å². The summed E-state index contributed by atoms with van der Waals surface area (Å²) >= 11 is 7.69. The SMILES string of the molecule is Cc1nc(COc2cccc(C(=O)NCc3ccccc3Cl)c2)cs1. The number of nitrogens with zero attached hydrogens (tertiary/aromatic N) is 1. The van der Waals surface area contributed by atoms with Crippen molar-refractivity contribution in [1.82, 2.24) is 10.3 Å². The number of carbonyl (C=O) groups excluding carboxylic acids is 1. The molecule has 0 unspecified atom stereocenters. The van der Waals surface area contributed by atoms with Gasteiger partial charge in [-0.3, -0.25) is 4.79 Å². The predicted molar refractivity (Wildman–Crippen MR) is 100 cm³/mol. The summed E-state index contributed by atoms with van der Waals surface area (Å²) in [5.41, 5.74) is 2.30. The van der Waals surface area contributed by atoms with Crippen LogP contribution in [0.5, 0.6) is 5.75 Å². The number of hydrogen-bond donors (Lipinski definition) is 1. The van der Waals surface area contributed by atoms with Gasteiger partial charge in [0.2, 0.25) is 0 Å². The molecule has 6 heteroatoms. The number of rotatable bonds is 6. The van der Waals surface area contributed by atoms with Crippen molar-refractivity contribution in [2.45, 2.75) is 20.1 Å². The van der Waals surface area contributed by atoms with Gasteiger partial charge in [-0.15, -0.1) is 11.3 Å². The first-order valence-corrected chi connectivity index (χ1v) is 9.03. The topological polar surface area (TPSA) is 51.2 Å². The number of amides is 1. The van der Waals surface area contributed by atoms with Crippen molar-refractivity contribution in [3.05, 3.63) is 80.8 Å². The summed E-state index contributed by atoms with van der Waals surface area (Å²) in [4.78, 5) is 16.7. The molecule has 0 aliphatic carbocycles. The fourth-order valence-electron chi connectivity index (χ4n) is 2.28. The van der Waals surface area contributed by atoms with E-state index in [4.69, 9.17) is 16.3 Å². The van der Waals surface area contributed by atoms with Crippen LogP contribution in [0.3, 0.4) is 0 Å². The average Bonchev–Trinajstić information content (AvgIpc) is 3.04. The number of carbonyl (C=O) groups is 1. The molecular weight excluding hydrogens is 356 g/mol. The van der Waals surface area contributed by atoms with E-state index in [-0.39, 0.29) is 5.91 Å². The van der Waals surface area contributed by atoms with E-state index in [1.54, 1.807) is 35.6 Å². The molecule has 0 atom stereocenters. The highest BCUT2D eigenvalue weighted by Gasteiger charge is 2.08. The van der Waals surface area contributed by atoms with Gasteiger partial charge in [-0.05, 0) is 36.8 Å². The number of hydrogen-bond acceptors (Lipinski definition) is 4. The van der Waals surface area contributed by atoms with E-state index in [1.807, 2.05) is 36.6 Å². The Morgan fingerprint density at radius 1 is 1.24 bits per heavy atom. The molecule has 4 nitrogen and oxygen atoms in total. The molecule has 25 heavy (non-hydrogen) atoms. The van der Waals surface area contributed by atoms with E-state index in [1.165, 1.54) is 0 Å². The van der Waals surface area contributed by atoms with Gasteiger partial charge < -0.3 is 10.1 Å². The molecule has 3 rings (SSSR count). The largest absolute Gasteiger partial charge is 0.487 e. The van der Waals surface area contributed by atoms with Crippen LogP contribution in [0.1, 0.15) is 26.6 Å². The Hall–Kier alpha value is -2.37. The van der Waals surface area contributed by atoms with E-state index in [9.17, 15) is 4.79 Å². The van der Waals surface area contributed by atoms with Gasteiger partial charge in [-0.25, -0.2) is 4.98 Å². The second-order valence-corrected chi connectivity index (χ2v) is 6.92. The summed E-state index contributed by atoms with van der Waals surface area (Å²) in [6.07, 6.45) is 0. The summed E-state index contributed by atoms with van der Waals surface area (Å²) < 4.78 is 5.72. The number of ether oxygens (including phenoxy) is 1. The molecule has 128 valence electrons. The fourth-order valence-corrected chi connectivity index (χ4v) is 3.08. The van der Waals surface area contributed by atoms with Gasteiger partial charge in [0.25, 0.3) is 5.91 Å². The Morgan fingerprint density at radius 2 is 2.08 bits per heavy atom. The van der Waals surface area contributed by atoms with Crippen molar-refractivity contribution < 1.29 is 9.53 Å². The monoisotopic (exact) mass is 372 g/mol. The van der Waals surface area contributed by atoms with Gasteiger partial charge in [-0.2, -0.15) is 0 Å². The van der Waals surface area contributed by atoms with Crippen LogP contribution >= 0.6 is 22.9 Å². The number of aryl methyl sites for hydroxylation is 1. The minimum absolute atomic E-state index is 0.171. The third-order valence-corrected chi connectivity index (χ3v) is 4.74. The summed E-state index contributed by atoms with van der Waals surface area (Å²) in [5, 5.41) is 6.48. The van der Waals surface area contributed by atoms with Gasteiger partial charge >= 0.3 is 0 Å². The molecule has 1 aromatic heterocycles. The van der Waals surface area contributed by atoms with Crippen LogP contribution in [0.15, 0.2) is 53.9 Å². The number of thiazole rings is 1. The van der Waals surface area contributed by atoms with Crippen molar-refractivity contribution >= 4 is 28.8 Å². The highest BCUT2D eigenvalue weighted by Crippen LogP contribution is 2.17. The first-order chi connectivity index (χ1) is 12.1. The van der Waals surface area contributed by atoms with E-state index >= 15 is 0 Å². The molecule has 0 spiro atoms. The van der Waals surface area contributed by atoms with Crippen molar-refractivity contribution in [3.8, 4) is 5.75 Å². The number of halogens is 1. The Morgan fingerprint density at radius 3 is 2.84 bits per heavy atom. The molecular formula is C19H17ClN2O2S. The Balaban J connectivity index is 1.60. The van der Waals surface area contributed by atoms with Crippen molar-refractivity contribution in [2.24, 2.45) is 0 Å². The molecule has 0 aliphatic rings. The van der Waals surface area contributed by atoms with Gasteiger partial charge in [0.05, 0.1) is 10.7 Å². The lowest BCUT2D eigenvalue weighted by Crippen LogP contribution is -2.22. The Labute approximate surface area is 155 Å². The zero-order valence-corrected chi connectivity index (χ0v) is 15.2. The number of aromatic nitrogens is 1. The molecule has 0 aliphatic heterocycles. The van der Waals surface area contributed by atoms with Crippen molar-refractivity contribution in [1.29, 1.82) is 0 Å². The predicted octanol–water partition coefficient (Wildman–Crippen LogP) is 4.61. The smallest absolute Gasteiger partial charge is 0.251 e. The molecule has 0 saturated carbocycles. The fraction of sp³-hybridized carbons (Fsp3) is 0.158. The summed E-state index contributed by atoms with van der Waals surface area (Å²) in [7, 11) is 0. The third kappa shape index (κ3) is 4.81. The normalized spacial score (nSPS) is 10.5. The van der Waals surface area contributed by atoms with E-state index < -0.39 is 0 Å². The minimum Gasteiger partial charge on any atom is -0.487 e. The summed E-state index contributed by atoms with van der Waals surface area (Å²) in [6, 6.07) is 14.5. The van der Waals surface area contributed by atoms with Gasteiger partial charge in [-0.1, -0.05) is 35.9 Å². The van der Waals surface area contributed by atoms with Crippen molar-refractivity contribution in [2.75, 3.05) is 0 Å². The highest BCUT2D eigenvalue weighted by atomic mass is 35.5. The van der Waals surface area contributed by atoms with Crippen LogP contribution in [0.25, 0.3) is 0 Å². The van der Waals surface area contributed by atoms with Gasteiger partial charge in [0, 0.05) is 22.5 Å². The van der Waals surface area contributed by atoms with Crippen LogP contribution in [-0.2, 0) is 13.2 Å². The molecule has 0 bridgehead atoms. The highest BCUT2D eigenvalue weighted by molar-refractivity contribution is 7.09. The van der Waals surface area contributed by atoms with E-state index in [2.05, 4.69) is 10.3 Å². The van der Waals surface area contributed by atoms with E-state index in [0.29, 0.717) is 29.5 Å². The van der Waals surface area contributed by atoms with Gasteiger partial charge in [0.1, 0.15) is 12.4 Å². The molecule has 1 heterocycles. The summed E-state index contributed by atoms with van der Waals surface area (Å²) in [6.45, 7) is 2.72. The van der Waals surface area contributed by atoms with Crippen LogP contribution in [0.4, 0.5) is 0 Å². The van der Waals surface area contributed by atoms with Crippen LogP contribution in [0, 0.1) is 6.92 Å². The van der Waals surface area contributed by atoms with Gasteiger partial charge in [0.15, 0.2) is 0 Å². The Kier molecular flexibility index (Phi) is 5.68. The second kappa shape index (κ2) is 8.14. The zero-order chi connectivity index (χ0) is 17.6. The maximum atomic E-state index is 12.3. The summed E-state index contributed by atoms with van der Waals surface area (Å²) in [5.74, 6) is 0.464. The first-order valence-electron chi connectivity index (χ1n) is 7.77. The lowest BCUT2D eigenvalue weighted by atomic mass is 10.2. The lowest BCUT2D eigenvalue weighted by molar-refractivity contribution is 0.0950. The maximum Gasteiger partial charge on any atom is 0.251 e. The second-order valence-electron chi connectivity index (χ2n) is 5.45. The van der Waals surface area contributed by atoms with Crippen molar-refractivity contribution in [3.63, 3.8) is 0 Å². The first kappa shape index (κ1) is 17.5. The maximum absolute atomic E-state index is 12.3. The van der Waals surface area contributed by atoms with Crippen LogP contribution < -0.4 is 10.1 Å². The molecule has 3 aromatic rings. The zero-order valence-electron chi connectivity index (χ0n) is 13.7. The molecule has 0 radical (unpaired) electrons. The third-order valence-electron chi connectivity index (χ3n) is 3.55. The molecule has 0 saturated heterocycles. The van der Waals surface area contributed by atoms with E-state index in [0.717, 1.165) is 16.3 Å². The standard InChI is InChI=1S/C19H17ClN2O2S/c1-13-22-16(12-25-13)11-24-17-7-4-6-14(9-17)19(23)21-10-15-5-2-3-8-18(15)20/h2-9,12H,10-11H2,1H3,(H,21,23). The average molecular weight is 373 g/mol. The minimum atomic E-state index is -0.171. The molecule has 1 amide bonds. The quantitative estimate of drug-likeness (QED) is 0.687. The lowest BCUT2D eigenvalue weighted by Gasteiger charge is -2.09. The molecule has 1 N–H and O–H groups in total. The molecule has 2 aromatic carbocycles. The Bertz CT molecular complexity index is 879. The van der Waals surface area contributed by atoms with Crippen LogP contribution in [-0.4, -0.2) is 10.9 Å². The number of benzene rings is 2. The number of nitrogens with one attached hydrogen (secondary N) is 1.